The van der Waals surface area contributed by atoms with Crippen LogP contribution >= 0.6 is 15.9 Å². The van der Waals surface area contributed by atoms with Gasteiger partial charge in [0.2, 0.25) is 0 Å². The minimum absolute atomic E-state index is 0.0849. The van der Waals surface area contributed by atoms with E-state index in [1.165, 1.54) is 0 Å². The van der Waals surface area contributed by atoms with E-state index in [0.29, 0.717) is 17.1 Å². The molecular formula is C9H7BrO3. The van der Waals surface area contributed by atoms with Crippen molar-refractivity contribution >= 4 is 15.9 Å². The molecule has 1 N–H and O–H groups in total. The first-order valence-electron chi connectivity index (χ1n) is 3.72. The van der Waals surface area contributed by atoms with Crippen molar-refractivity contribution in [2.75, 3.05) is 0 Å². The van der Waals surface area contributed by atoms with Crippen LogP contribution in [0, 0.1) is 6.92 Å². The van der Waals surface area contributed by atoms with Crippen molar-refractivity contribution in [3.05, 3.63) is 28.4 Å². The van der Waals surface area contributed by atoms with Crippen LogP contribution in [0.3, 0.4) is 0 Å². The Balaban J connectivity index is 2.59. The number of halogens is 1. The van der Waals surface area contributed by atoms with Gasteiger partial charge in [-0.3, -0.25) is 0 Å². The lowest BCUT2D eigenvalue weighted by atomic mass is 10.3. The molecule has 0 spiro atoms. The highest BCUT2D eigenvalue weighted by atomic mass is 79.9. The minimum atomic E-state index is -0.0849. The molecule has 0 aliphatic heterocycles. The normalized spacial score (nSPS) is 10.6. The first kappa shape index (κ1) is 8.44. The van der Waals surface area contributed by atoms with Crippen LogP contribution in [0.15, 0.2) is 31.7 Å². The highest BCUT2D eigenvalue weighted by Gasteiger charge is 2.17. The maximum Gasteiger partial charge on any atom is 0.286 e. The molecule has 68 valence electrons. The lowest BCUT2D eigenvalue weighted by Gasteiger charge is -1.89. The van der Waals surface area contributed by atoms with Crippen molar-refractivity contribution in [1.29, 1.82) is 0 Å². The number of rotatable bonds is 1. The molecular weight excluding hydrogens is 236 g/mol. The van der Waals surface area contributed by atoms with Crippen molar-refractivity contribution in [3.63, 3.8) is 0 Å². The second kappa shape index (κ2) is 2.96. The minimum Gasteiger partial charge on any atom is -0.480 e. The van der Waals surface area contributed by atoms with E-state index in [0.717, 1.165) is 4.47 Å². The van der Waals surface area contributed by atoms with Gasteiger partial charge < -0.3 is 13.9 Å². The summed E-state index contributed by atoms with van der Waals surface area (Å²) < 4.78 is 11.0. The average Bonchev–Trinajstić information content (AvgIpc) is 2.70. The summed E-state index contributed by atoms with van der Waals surface area (Å²) >= 11 is 3.31. The van der Waals surface area contributed by atoms with Crippen molar-refractivity contribution in [2.45, 2.75) is 6.92 Å². The fourth-order valence-corrected chi connectivity index (χ4v) is 1.49. The molecule has 0 amide bonds. The molecule has 3 nitrogen and oxygen atoms in total. The topological polar surface area (TPSA) is 46.5 Å². The van der Waals surface area contributed by atoms with Gasteiger partial charge in [0.25, 0.3) is 5.95 Å². The van der Waals surface area contributed by atoms with E-state index in [-0.39, 0.29) is 5.95 Å². The predicted molar refractivity (Wildman–Crippen MR) is 50.5 cm³/mol. The van der Waals surface area contributed by atoms with E-state index in [2.05, 4.69) is 15.9 Å². The Hall–Kier alpha value is -1.16. The fourth-order valence-electron chi connectivity index (χ4n) is 1.05. The number of furan rings is 2. The monoisotopic (exact) mass is 242 g/mol. The molecule has 2 aromatic heterocycles. The number of hydrogen-bond acceptors (Lipinski definition) is 3. The second-order valence-electron chi connectivity index (χ2n) is 2.65. The molecule has 13 heavy (non-hydrogen) atoms. The highest BCUT2D eigenvalue weighted by Crippen LogP contribution is 2.38. The Morgan fingerprint density at radius 2 is 2.23 bits per heavy atom. The van der Waals surface area contributed by atoms with Gasteiger partial charge in [-0.2, -0.15) is 0 Å². The van der Waals surface area contributed by atoms with Crippen LogP contribution in [0.2, 0.25) is 0 Å². The lowest BCUT2D eigenvalue weighted by molar-refractivity contribution is 0.331. The number of hydrogen-bond donors (Lipinski definition) is 1. The molecule has 0 atom stereocenters. The van der Waals surface area contributed by atoms with Gasteiger partial charge in [0, 0.05) is 5.56 Å². The first-order chi connectivity index (χ1) is 6.20. The highest BCUT2D eigenvalue weighted by molar-refractivity contribution is 9.10. The molecule has 0 aromatic carbocycles. The third kappa shape index (κ3) is 1.27. The summed E-state index contributed by atoms with van der Waals surface area (Å²) in [6.07, 6.45) is 1.55. The van der Waals surface area contributed by atoms with E-state index < -0.39 is 0 Å². The van der Waals surface area contributed by atoms with E-state index in [4.69, 9.17) is 8.83 Å². The molecule has 0 aliphatic rings. The molecule has 0 saturated carbocycles. The van der Waals surface area contributed by atoms with Crippen molar-refractivity contribution in [2.24, 2.45) is 0 Å². The largest absolute Gasteiger partial charge is 0.480 e. The molecule has 2 rings (SSSR count). The van der Waals surface area contributed by atoms with Gasteiger partial charge >= 0.3 is 0 Å². The zero-order valence-electron chi connectivity index (χ0n) is 6.87. The second-order valence-corrected chi connectivity index (χ2v) is 3.45. The molecule has 2 aromatic rings. The van der Waals surface area contributed by atoms with Crippen LogP contribution in [-0.2, 0) is 0 Å². The van der Waals surface area contributed by atoms with Crippen molar-refractivity contribution in [3.8, 4) is 17.5 Å². The molecule has 2 heterocycles. The fraction of sp³-hybridized carbons (Fsp3) is 0.111. The summed E-state index contributed by atoms with van der Waals surface area (Å²) in [6, 6.07) is 3.53. The van der Waals surface area contributed by atoms with Crippen LogP contribution in [-0.4, -0.2) is 5.11 Å². The van der Waals surface area contributed by atoms with Crippen LogP contribution in [0.1, 0.15) is 5.56 Å². The third-order valence-electron chi connectivity index (χ3n) is 1.79. The Labute approximate surface area is 83.1 Å². The van der Waals surface area contributed by atoms with Crippen LogP contribution in [0.5, 0.6) is 5.95 Å². The summed E-state index contributed by atoms with van der Waals surface area (Å²) in [5.41, 5.74) is 0.673. The van der Waals surface area contributed by atoms with Crippen LogP contribution < -0.4 is 0 Å². The summed E-state index contributed by atoms with van der Waals surface area (Å²) in [5.74, 6) is 1.02. The zero-order valence-corrected chi connectivity index (χ0v) is 8.46. The van der Waals surface area contributed by atoms with Gasteiger partial charge in [-0.05, 0) is 35.0 Å². The molecule has 4 heteroatoms. The van der Waals surface area contributed by atoms with E-state index in [9.17, 15) is 5.11 Å². The van der Waals surface area contributed by atoms with Gasteiger partial charge in [-0.1, -0.05) is 0 Å². The first-order valence-corrected chi connectivity index (χ1v) is 4.51. The van der Waals surface area contributed by atoms with E-state index >= 15 is 0 Å². The lowest BCUT2D eigenvalue weighted by Crippen LogP contribution is -1.69. The molecule has 0 saturated heterocycles. The summed E-state index contributed by atoms with van der Waals surface area (Å²) in [6.45, 7) is 1.76. The van der Waals surface area contributed by atoms with Gasteiger partial charge in [0.05, 0.1) is 10.7 Å². The standard InChI is InChI=1S/C9H7BrO3/c1-5-7(10)8(13-9(5)11)6-3-2-4-12-6/h2-4,11H,1H3. The Morgan fingerprint density at radius 3 is 2.69 bits per heavy atom. The van der Waals surface area contributed by atoms with E-state index in [1.54, 1.807) is 25.3 Å². The van der Waals surface area contributed by atoms with Gasteiger partial charge in [-0.15, -0.1) is 0 Å². The van der Waals surface area contributed by atoms with Gasteiger partial charge in [-0.25, -0.2) is 0 Å². The Morgan fingerprint density at radius 1 is 1.46 bits per heavy atom. The van der Waals surface area contributed by atoms with Crippen molar-refractivity contribution < 1.29 is 13.9 Å². The van der Waals surface area contributed by atoms with Crippen LogP contribution in [0.4, 0.5) is 0 Å². The third-order valence-corrected chi connectivity index (χ3v) is 2.75. The summed E-state index contributed by atoms with van der Waals surface area (Å²) in [7, 11) is 0. The molecule has 0 aliphatic carbocycles. The number of aromatic hydroxyl groups is 1. The maximum absolute atomic E-state index is 9.28. The van der Waals surface area contributed by atoms with Crippen LogP contribution in [0.25, 0.3) is 11.5 Å². The summed E-state index contributed by atoms with van der Waals surface area (Å²) in [4.78, 5) is 0. The zero-order chi connectivity index (χ0) is 9.42. The smallest absolute Gasteiger partial charge is 0.286 e. The SMILES string of the molecule is Cc1c(O)oc(-c2ccco2)c1Br. The predicted octanol–water partition coefficient (Wildman–Crippen LogP) is 3.32. The van der Waals surface area contributed by atoms with E-state index in [1.807, 2.05) is 0 Å². The molecule has 0 fully saturated rings. The Bertz CT molecular complexity index is 414. The molecule has 0 unspecified atom stereocenters. The maximum atomic E-state index is 9.28. The molecule has 0 bridgehead atoms. The molecule has 0 radical (unpaired) electrons. The summed E-state index contributed by atoms with van der Waals surface area (Å²) in [5, 5.41) is 9.28. The quantitative estimate of drug-likeness (QED) is 0.835. The Kier molecular flexibility index (Phi) is 1.92. The van der Waals surface area contributed by atoms with Gasteiger partial charge in [0.15, 0.2) is 11.5 Å². The van der Waals surface area contributed by atoms with Crippen molar-refractivity contribution in [1.82, 2.24) is 0 Å². The average molecular weight is 243 g/mol. The van der Waals surface area contributed by atoms with Gasteiger partial charge in [0.1, 0.15) is 0 Å².